The molecule has 0 radical (unpaired) electrons. The van der Waals surface area contributed by atoms with Crippen LogP contribution >= 0.6 is 11.6 Å². The molecule has 1 amide bonds. The predicted octanol–water partition coefficient (Wildman–Crippen LogP) is 3.89. The summed E-state index contributed by atoms with van der Waals surface area (Å²) >= 11 is 5.82. The van der Waals surface area contributed by atoms with Gasteiger partial charge in [0.05, 0.1) is 11.3 Å². The number of nitrogens with one attached hydrogen (secondary N) is 2. The van der Waals surface area contributed by atoms with Gasteiger partial charge in [0.15, 0.2) is 0 Å². The van der Waals surface area contributed by atoms with E-state index in [1.165, 1.54) is 30.3 Å². The molecule has 0 heterocycles. The lowest BCUT2D eigenvalue weighted by Gasteiger charge is -2.03. The number of hydrogen-bond donors (Lipinski definition) is 3. The summed E-state index contributed by atoms with van der Waals surface area (Å²) in [7, 11) is 0. The van der Waals surface area contributed by atoms with Crippen LogP contribution in [0.2, 0.25) is 5.02 Å². The first-order valence-corrected chi connectivity index (χ1v) is 6.99. The van der Waals surface area contributed by atoms with E-state index in [9.17, 15) is 9.59 Å². The highest BCUT2D eigenvalue weighted by Crippen LogP contribution is 2.17. The van der Waals surface area contributed by atoms with Gasteiger partial charge >= 0.3 is 5.97 Å². The van der Waals surface area contributed by atoms with Crippen LogP contribution < -0.4 is 5.32 Å². The van der Waals surface area contributed by atoms with E-state index in [-0.39, 0.29) is 16.9 Å². The number of azo groups is 1. The maximum Gasteiger partial charge on any atom is 0.335 e. The first-order valence-electron chi connectivity index (χ1n) is 6.61. The molecule has 0 unspecified atom stereocenters. The largest absolute Gasteiger partial charge is 0.478 e. The van der Waals surface area contributed by atoms with Gasteiger partial charge in [-0.3, -0.25) is 10.2 Å². The molecule has 0 aliphatic heterocycles. The Morgan fingerprint density at radius 3 is 2.58 bits per heavy atom. The van der Waals surface area contributed by atoms with Crippen LogP contribution in [0, 0.1) is 5.41 Å². The summed E-state index contributed by atoms with van der Waals surface area (Å²) < 4.78 is 0. The normalized spacial score (nSPS) is 10.2. The van der Waals surface area contributed by atoms with Gasteiger partial charge in [-0.05, 0) is 36.4 Å². The number of nitrogens with zero attached hydrogens (tertiary/aromatic N) is 2. The molecule has 2 aromatic rings. The van der Waals surface area contributed by atoms with E-state index in [1.54, 1.807) is 18.2 Å². The van der Waals surface area contributed by atoms with Gasteiger partial charge in [0, 0.05) is 16.6 Å². The molecule has 2 aromatic carbocycles. The van der Waals surface area contributed by atoms with E-state index in [1.807, 2.05) is 5.87 Å². The number of benzene rings is 2. The number of rotatable bonds is 5. The molecule has 0 aromatic heterocycles. The zero-order valence-electron chi connectivity index (χ0n) is 12.2. The number of anilines is 1. The molecule has 3 N–H and O–H groups in total. The summed E-state index contributed by atoms with van der Waals surface area (Å²) in [6, 6.07) is 12.2. The third kappa shape index (κ3) is 4.61. The van der Waals surface area contributed by atoms with Gasteiger partial charge in [0.25, 0.3) is 5.91 Å². The number of halogens is 1. The van der Waals surface area contributed by atoms with Gasteiger partial charge in [-0.2, -0.15) is 0 Å². The summed E-state index contributed by atoms with van der Waals surface area (Å²) in [6.45, 7) is 0. The lowest BCUT2D eigenvalue weighted by atomic mass is 10.2. The van der Waals surface area contributed by atoms with E-state index < -0.39 is 11.9 Å². The van der Waals surface area contributed by atoms with E-state index in [0.717, 1.165) is 0 Å². The first-order chi connectivity index (χ1) is 11.5. The molecule has 0 fully saturated rings. The molecule has 120 valence electrons. The summed E-state index contributed by atoms with van der Waals surface area (Å²) in [5.74, 6) is 0.0966. The van der Waals surface area contributed by atoms with Gasteiger partial charge < -0.3 is 10.4 Å². The second-order valence-electron chi connectivity index (χ2n) is 4.49. The number of carboxylic acids is 1. The maximum atomic E-state index is 12.0. The van der Waals surface area contributed by atoms with Crippen LogP contribution in [0.15, 0.2) is 64.5 Å². The molecule has 0 atom stereocenters. The molecular formula is C16H11ClN4O3. The quantitative estimate of drug-likeness (QED) is 0.435. The van der Waals surface area contributed by atoms with Gasteiger partial charge in [-0.1, -0.05) is 23.7 Å². The van der Waals surface area contributed by atoms with Crippen molar-refractivity contribution in [2.75, 3.05) is 5.32 Å². The molecule has 7 nitrogen and oxygen atoms in total. The minimum absolute atomic E-state index is 0.0372. The Bertz CT molecular complexity index is 873. The monoisotopic (exact) mass is 342 g/mol. The molecule has 0 spiro atoms. The molecular weight excluding hydrogens is 332 g/mol. The predicted molar refractivity (Wildman–Crippen MR) is 89.2 cm³/mol. The van der Waals surface area contributed by atoms with Crippen LogP contribution in [-0.4, -0.2) is 22.9 Å². The lowest BCUT2D eigenvalue weighted by Crippen LogP contribution is -2.13. The minimum Gasteiger partial charge on any atom is -0.478 e. The summed E-state index contributed by atoms with van der Waals surface area (Å²) in [6.07, 6.45) is 0. The van der Waals surface area contributed by atoms with Gasteiger partial charge in [-0.15, -0.1) is 10.2 Å². The number of aromatic carboxylic acids is 1. The Hall–Kier alpha value is -3.28. The lowest BCUT2D eigenvalue weighted by molar-refractivity contribution is -0.112. The van der Waals surface area contributed by atoms with E-state index in [2.05, 4.69) is 15.5 Å². The molecule has 0 aliphatic rings. The summed E-state index contributed by atoms with van der Waals surface area (Å²) in [4.78, 5) is 22.9. The van der Waals surface area contributed by atoms with Crippen LogP contribution in [0.4, 0.5) is 11.4 Å². The average Bonchev–Trinajstić information content (AvgIpc) is 2.55. The van der Waals surface area contributed by atoms with Crippen molar-refractivity contribution in [2.24, 2.45) is 10.2 Å². The maximum absolute atomic E-state index is 12.0. The van der Waals surface area contributed by atoms with E-state index in [4.69, 9.17) is 22.1 Å². The van der Waals surface area contributed by atoms with Crippen LogP contribution in [0.25, 0.3) is 0 Å². The Kier molecular flexibility index (Phi) is 5.57. The van der Waals surface area contributed by atoms with Crippen molar-refractivity contribution in [3.63, 3.8) is 0 Å². The summed E-state index contributed by atoms with van der Waals surface area (Å²) in [5.41, 5.74) is 0.340. The highest BCUT2D eigenvalue weighted by atomic mass is 35.5. The fraction of sp³-hybridized carbons (Fsp3) is 0. The Balaban J connectivity index is 2.14. The number of carbonyl (C=O) groups is 2. The summed E-state index contributed by atoms with van der Waals surface area (Å²) in [5, 5.41) is 26.4. The third-order valence-corrected chi connectivity index (χ3v) is 3.01. The topological polar surface area (TPSA) is 115 Å². The number of carboxylic acid groups (broad SMARTS) is 1. The van der Waals surface area contributed by atoms with Crippen molar-refractivity contribution in [2.45, 2.75) is 0 Å². The van der Waals surface area contributed by atoms with Crippen molar-refractivity contribution in [3.8, 4) is 0 Å². The fourth-order valence-electron chi connectivity index (χ4n) is 1.69. The Morgan fingerprint density at radius 2 is 1.92 bits per heavy atom. The fourth-order valence-corrected chi connectivity index (χ4v) is 1.88. The molecule has 2 rings (SSSR count). The number of hydrogen-bond acceptors (Lipinski definition) is 5. The van der Waals surface area contributed by atoms with Crippen molar-refractivity contribution in [3.05, 3.63) is 64.8 Å². The Labute approximate surface area is 141 Å². The minimum atomic E-state index is -1.10. The average molecular weight is 343 g/mol. The van der Waals surface area contributed by atoms with Crippen molar-refractivity contribution < 1.29 is 14.7 Å². The van der Waals surface area contributed by atoms with Crippen LogP contribution in [0.5, 0.6) is 0 Å². The number of carbonyl (C=O) groups excluding carboxylic acids is 1. The zero-order chi connectivity index (χ0) is 17.5. The van der Waals surface area contributed by atoms with Crippen molar-refractivity contribution in [1.29, 1.82) is 5.41 Å². The van der Waals surface area contributed by atoms with Crippen molar-refractivity contribution in [1.82, 2.24) is 0 Å². The van der Waals surface area contributed by atoms with Crippen LogP contribution in [-0.2, 0) is 4.79 Å². The molecule has 0 saturated carbocycles. The molecule has 24 heavy (non-hydrogen) atoms. The third-order valence-electron chi connectivity index (χ3n) is 2.77. The van der Waals surface area contributed by atoms with Crippen LogP contribution in [0.1, 0.15) is 10.4 Å². The van der Waals surface area contributed by atoms with Crippen molar-refractivity contribution >= 4 is 40.7 Å². The second-order valence-corrected chi connectivity index (χ2v) is 4.93. The zero-order valence-corrected chi connectivity index (χ0v) is 12.9. The van der Waals surface area contributed by atoms with Gasteiger partial charge in [0.1, 0.15) is 0 Å². The van der Waals surface area contributed by atoms with E-state index >= 15 is 0 Å². The first kappa shape index (κ1) is 17.1. The van der Waals surface area contributed by atoms with E-state index in [0.29, 0.717) is 10.7 Å². The SMILES string of the molecule is N=C=C(N=Nc1cccc(C(=O)O)c1)C(=O)Nc1cccc(Cl)c1. The highest BCUT2D eigenvalue weighted by molar-refractivity contribution is 6.31. The van der Waals surface area contributed by atoms with Crippen LogP contribution in [0.3, 0.4) is 0 Å². The molecule has 0 aliphatic carbocycles. The Morgan fingerprint density at radius 1 is 1.17 bits per heavy atom. The second kappa shape index (κ2) is 7.82. The number of amides is 1. The van der Waals surface area contributed by atoms with Gasteiger partial charge in [-0.25, -0.2) is 4.79 Å². The smallest absolute Gasteiger partial charge is 0.335 e. The standard InChI is InChI=1S/C16H11ClN4O3/c17-11-4-2-5-12(8-11)19-15(22)14(9-18)21-20-13-6-1-3-10(7-13)16(23)24/h1-8,18H,(H,19,22)(H,23,24). The molecule has 0 saturated heterocycles. The highest BCUT2D eigenvalue weighted by Gasteiger charge is 2.10. The molecule has 8 heteroatoms. The van der Waals surface area contributed by atoms with Gasteiger partial charge in [0.2, 0.25) is 5.70 Å². The molecule has 0 bridgehead atoms.